The van der Waals surface area contributed by atoms with Gasteiger partial charge in [0.25, 0.3) is 0 Å². The maximum Gasteiger partial charge on any atom is 0.0701 e. The van der Waals surface area contributed by atoms with Gasteiger partial charge in [0.15, 0.2) is 0 Å². The quantitative estimate of drug-likeness (QED) is 0.542. The van der Waals surface area contributed by atoms with Crippen molar-refractivity contribution in [3.63, 3.8) is 0 Å². The Bertz CT molecular complexity index is 198. The van der Waals surface area contributed by atoms with E-state index < -0.39 is 0 Å². The highest BCUT2D eigenvalue weighted by molar-refractivity contribution is 4.77. The smallest absolute Gasteiger partial charge is 0.0701 e. The zero-order valence-corrected chi connectivity index (χ0v) is 12.1. The predicted molar refractivity (Wildman–Crippen MR) is 74.3 cm³/mol. The Kier molecular flexibility index (Phi) is 10.3. The van der Waals surface area contributed by atoms with Crippen LogP contribution in [0.25, 0.3) is 0 Å². The van der Waals surface area contributed by atoms with E-state index in [0.717, 1.165) is 0 Å². The number of ether oxygens (including phenoxy) is 4. The second kappa shape index (κ2) is 11.6. The zero-order chi connectivity index (χ0) is 13.8. The van der Waals surface area contributed by atoms with Crippen LogP contribution in [0.4, 0.5) is 0 Å². The van der Waals surface area contributed by atoms with Crippen LogP contribution in [0.3, 0.4) is 0 Å². The first kappa shape index (κ1) is 16.9. The Morgan fingerprint density at radius 2 is 1.42 bits per heavy atom. The van der Waals surface area contributed by atoms with Gasteiger partial charge in [-0.1, -0.05) is 12.8 Å². The van der Waals surface area contributed by atoms with E-state index >= 15 is 0 Å². The Hall–Kier alpha value is -0.200. The first-order valence-corrected chi connectivity index (χ1v) is 7.32. The summed E-state index contributed by atoms with van der Waals surface area (Å²) in [5.74, 6) is 0.662. The van der Waals surface area contributed by atoms with Gasteiger partial charge in [-0.15, -0.1) is 0 Å². The summed E-state index contributed by atoms with van der Waals surface area (Å²) >= 11 is 0. The average Bonchev–Trinajstić information content (AvgIpc) is 2.95. The molecule has 0 radical (unpaired) electrons. The molecule has 1 saturated carbocycles. The van der Waals surface area contributed by atoms with Crippen LogP contribution in [0, 0.1) is 5.92 Å². The summed E-state index contributed by atoms with van der Waals surface area (Å²) in [5.41, 5.74) is 6.09. The minimum atomic E-state index is 0.194. The van der Waals surface area contributed by atoms with Crippen molar-refractivity contribution < 1.29 is 18.9 Å². The van der Waals surface area contributed by atoms with Gasteiger partial charge in [0.05, 0.1) is 46.2 Å². The van der Waals surface area contributed by atoms with E-state index in [0.29, 0.717) is 52.2 Å². The van der Waals surface area contributed by atoms with Gasteiger partial charge in [-0.3, -0.25) is 0 Å². The Morgan fingerprint density at radius 1 is 0.895 bits per heavy atom. The fourth-order valence-corrected chi connectivity index (χ4v) is 2.32. The molecule has 1 atom stereocenters. The lowest BCUT2D eigenvalue weighted by Crippen LogP contribution is -2.33. The SMILES string of the molecule is COCCOCCOCCOCC(N)C1CCCC1. The van der Waals surface area contributed by atoms with Crippen LogP contribution < -0.4 is 5.73 Å². The van der Waals surface area contributed by atoms with E-state index in [1.54, 1.807) is 7.11 Å². The van der Waals surface area contributed by atoms with Crippen molar-refractivity contribution in [1.29, 1.82) is 0 Å². The van der Waals surface area contributed by atoms with Gasteiger partial charge in [0.2, 0.25) is 0 Å². The summed E-state index contributed by atoms with van der Waals surface area (Å²) in [4.78, 5) is 0. The van der Waals surface area contributed by atoms with E-state index in [9.17, 15) is 0 Å². The van der Waals surface area contributed by atoms with Crippen LogP contribution in [0.15, 0.2) is 0 Å². The van der Waals surface area contributed by atoms with Crippen LogP contribution in [-0.4, -0.2) is 59.4 Å². The molecule has 1 aliphatic rings. The molecule has 1 rings (SSSR count). The van der Waals surface area contributed by atoms with Crippen LogP contribution in [0.5, 0.6) is 0 Å². The molecule has 0 amide bonds. The number of methoxy groups -OCH3 is 1. The van der Waals surface area contributed by atoms with Gasteiger partial charge in [-0.2, -0.15) is 0 Å². The minimum absolute atomic E-state index is 0.194. The fraction of sp³-hybridized carbons (Fsp3) is 1.00. The second-order valence-electron chi connectivity index (χ2n) is 5.00. The molecule has 0 heterocycles. The molecule has 0 aliphatic heterocycles. The molecule has 1 fully saturated rings. The molecule has 5 nitrogen and oxygen atoms in total. The van der Waals surface area contributed by atoms with Crippen molar-refractivity contribution in [1.82, 2.24) is 0 Å². The molecule has 0 bridgehead atoms. The standard InChI is InChI=1S/C14H29NO4/c1-16-6-7-17-8-9-18-10-11-19-12-14(15)13-4-2-3-5-13/h13-14H,2-12,15H2,1H3. The first-order valence-electron chi connectivity index (χ1n) is 7.32. The molecule has 19 heavy (non-hydrogen) atoms. The molecule has 0 spiro atoms. The molecule has 0 aromatic rings. The van der Waals surface area contributed by atoms with Crippen LogP contribution >= 0.6 is 0 Å². The number of rotatable bonds is 12. The van der Waals surface area contributed by atoms with Crippen molar-refractivity contribution in [3.8, 4) is 0 Å². The lowest BCUT2D eigenvalue weighted by atomic mass is 10.00. The third-order valence-electron chi connectivity index (χ3n) is 3.49. The van der Waals surface area contributed by atoms with E-state index in [2.05, 4.69) is 0 Å². The van der Waals surface area contributed by atoms with Gasteiger partial charge in [0.1, 0.15) is 0 Å². The highest BCUT2D eigenvalue weighted by Crippen LogP contribution is 2.26. The van der Waals surface area contributed by atoms with Crippen LogP contribution in [0.1, 0.15) is 25.7 Å². The lowest BCUT2D eigenvalue weighted by Gasteiger charge is -2.18. The van der Waals surface area contributed by atoms with Crippen molar-refractivity contribution in [2.24, 2.45) is 11.7 Å². The minimum Gasteiger partial charge on any atom is -0.382 e. The predicted octanol–water partition coefficient (Wildman–Crippen LogP) is 1.20. The molecule has 0 saturated heterocycles. The summed E-state index contributed by atoms with van der Waals surface area (Å²) in [6.07, 6.45) is 5.18. The van der Waals surface area contributed by atoms with E-state index in [4.69, 9.17) is 24.7 Å². The first-order chi connectivity index (χ1) is 9.34. The summed E-state index contributed by atoms with van der Waals surface area (Å²) in [6.45, 7) is 4.31. The monoisotopic (exact) mass is 275 g/mol. The molecule has 0 aromatic heterocycles. The van der Waals surface area contributed by atoms with E-state index in [1.165, 1.54) is 25.7 Å². The Morgan fingerprint density at radius 3 is 2.00 bits per heavy atom. The molecule has 0 aromatic carbocycles. The molecule has 5 heteroatoms. The summed E-state index contributed by atoms with van der Waals surface area (Å²) in [5, 5.41) is 0. The summed E-state index contributed by atoms with van der Waals surface area (Å²) in [7, 11) is 1.66. The average molecular weight is 275 g/mol. The van der Waals surface area contributed by atoms with Gasteiger partial charge in [-0.25, -0.2) is 0 Å². The topological polar surface area (TPSA) is 62.9 Å². The maximum absolute atomic E-state index is 6.09. The molecule has 2 N–H and O–H groups in total. The second-order valence-corrected chi connectivity index (χ2v) is 5.00. The summed E-state index contributed by atoms with van der Waals surface area (Å²) in [6, 6.07) is 0.194. The van der Waals surface area contributed by atoms with Gasteiger partial charge in [0, 0.05) is 13.2 Å². The maximum atomic E-state index is 6.09. The molecular formula is C14H29NO4. The highest BCUT2D eigenvalue weighted by Gasteiger charge is 2.21. The molecule has 1 unspecified atom stereocenters. The lowest BCUT2D eigenvalue weighted by molar-refractivity contribution is 0.000242. The van der Waals surface area contributed by atoms with Gasteiger partial charge < -0.3 is 24.7 Å². The van der Waals surface area contributed by atoms with Crippen molar-refractivity contribution in [2.75, 3.05) is 53.4 Å². The van der Waals surface area contributed by atoms with E-state index in [1.807, 2.05) is 0 Å². The van der Waals surface area contributed by atoms with Gasteiger partial charge >= 0.3 is 0 Å². The number of nitrogens with two attached hydrogens (primary N) is 1. The van der Waals surface area contributed by atoms with Crippen LogP contribution in [0.2, 0.25) is 0 Å². The van der Waals surface area contributed by atoms with Crippen molar-refractivity contribution >= 4 is 0 Å². The highest BCUT2D eigenvalue weighted by atomic mass is 16.6. The Balaban J connectivity index is 1.78. The fourth-order valence-electron chi connectivity index (χ4n) is 2.32. The third-order valence-corrected chi connectivity index (χ3v) is 3.49. The Labute approximate surface area is 116 Å². The van der Waals surface area contributed by atoms with E-state index in [-0.39, 0.29) is 6.04 Å². The van der Waals surface area contributed by atoms with Crippen molar-refractivity contribution in [3.05, 3.63) is 0 Å². The number of hydrogen-bond acceptors (Lipinski definition) is 5. The number of hydrogen-bond donors (Lipinski definition) is 1. The van der Waals surface area contributed by atoms with Crippen LogP contribution in [-0.2, 0) is 18.9 Å². The van der Waals surface area contributed by atoms with Crippen molar-refractivity contribution in [2.45, 2.75) is 31.7 Å². The van der Waals surface area contributed by atoms with Gasteiger partial charge in [-0.05, 0) is 18.8 Å². The normalized spacial score (nSPS) is 18.0. The largest absolute Gasteiger partial charge is 0.382 e. The molecular weight excluding hydrogens is 246 g/mol. The summed E-state index contributed by atoms with van der Waals surface area (Å²) < 4.78 is 21.1. The zero-order valence-electron chi connectivity index (χ0n) is 12.1. The molecule has 1 aliphatic carbocycles. The third kappa shape index (κ3) is 8.55. The molecule has 114 valence electrons.